The van der Waals surface area contributed by atoms with Crippen molar-refractivity contribution >= 4 is 5.91 Å². The number of hydrogen-bond donors (Lipinski definition) is 1. The van der Waals surface area contributed by atoms with Crippen molar-refractivity contribution in [2.75, 3.05) is 26.8 Å². The maximum Gasteiger partial charge on any atom is 0.220 e. The van der Waals surface area contributed by atoms with Crippen molar-refractivity contribution in [2.45, 2.75) is 52.2 Å². The van der Waals surface area contributed by atoms with Crippen LogP contribution in [0.5, 0.6) is 0 Å². The van der Waals surface area contributed by atoms with Crippen LogP contribution in [0.15, 0.2) is 6.33 Å². The van der Waals surface area contributed by atoms with Crippen LogP contribution in [-0.2, 0) is 22.6 Å². The topological polar surface area (TPSA) is 72.3 Å². The number of nitrogens with zero attached hydrogens (tertiary/aromatic N) is 4. The zero-order chi connectivity index (χ0) is 16.7. The first-order valence-corrected chi connectivity index (χ1v) is 8.46. The lowest BCUT2D eigenvalue weighted by Crippen LogP contribution is -2.39. The van der Waals surface area contributed by atoms with Crippen LogP contribution in [0.1, 0.15) is 38.9 Å². The minimum atomic E-state index is 0.106. The predicted molar refractivity (Wildman–Crippen MR) is 87.8 cm³/mol. The van der Waals surface area contributed by atoms with Gasteiger partial charge in [-0.1, -0.05) is 0 Å². The maximum atomic E-state index is 12.1. The second-order valence-corrected chi connectivity index (χ2v) is 6.49. The monoisotopic (exact) mass is 323 g/mol. The molecule has 0 spiro atoms. The molecule has 1 aliphatic heterocycles. The molecule has 130 valence electrons. The zero-order valence-corrected chi connectivity index (χ0v) is 14.5. The molecule has 0 aromatic carbocycles. The van der Waals surface area contributed by atoms with Gasteiger partial charge in [-0.25, -0.2) is 0 Å². The molecule has 0 unspecified atom stereocenters. The number of amides is 1. The van der Waals surface area contributed by atoms with E-state index < -0.39 is 0 Å². The summed E-state index contributed by atoms with van der Waals surface area (Å²) in [4.78, 5) is 14.6. The third kappa shape index (κ3) is 5.58. The van der Waals surface area contributed by atoms with Crippen LogP contribution in [0.4, 0.5) is 0 Å². The summed E-state index contributed by atoms with van der Waals surface area (Å²) >= 11 is 0. The van der Waals surface area contributed by atoms with E-state index in [4.69, 9.17) is 4.74 Å². The molecule has 1 aliphatic rings. The van der Waals surface area contributed by atoms with Gasteiger partial charge < -0.3 is 19.5 Å². The Morgan fingerprint density at radius 2 is 2.17 bits per heavy atom. The molecule has 1 saturated heterocycles. The molecule has 1 amide bonds. The van der Waals surface area contributed by atoms with Crippen molar-refractivity contribution in [3.05, 3.63) is 12.2 Å². The SMILES string of the molecule is COCCn1cnnc1CNC(=O)CC1CCN(C(C)C)CC1. The van der Waals surface area contributed by atoms with Gasteiger partial charge in [0.25, 0.3) is 0 Å². The van der Waals surface area contributed by atoms with Gasteiger partial charge in [0.2, 0.25) is 5.91 Å². The number of piperidine rings is 1. The highest BCUT2D eigenvalue weighted by molar-refractivity contribution is 5.76. The molecular weight excluding hydrogens is 294 g/mol. The molecule has 0 saturated carbocycles. The third-order valence-electron chi connectivity index (χ3n) is 4.53. The van der Waals surface area contributed by atoms with Crippen molar-refractivity contribution in [3.8, 4) is 0 Å². The quantitative estimate of drug-likeness (QED) is 0.774. The zero-order valence-electron chi connectivity index (χ0n) is 14.5. The van der Waals surface area contributed by atoms with Gasteiger partial charge in [0.1, 0.15) is 6.33 Å². The molecule has 1 N–H and O–H groups in total. The van der Waals surface area contributed by atoms with Crippen molar-refractivity contribution < 1.29 is 9.53 Å². The summed E-state index contributed by atoms with van der Waals surface area (Å²) in [6, 6.07) is 0.600. The van der Waals surface area contributed by atoms with Crippen molar-refractivity contribution in [3.63, 3.8) is 0 Å². The summed E-state index contributed by atoms with van der Waals surface area (Å²) in [5.74, 6) is 1.37. The van der Waals surface area contributed by atoms with Gasteiger partial charge in [0, 0.05) is 26.1 Å². The molecular formula is C16H29N5O2. The lowest BCUT2D eigenvalue weighted by Gasteiger charge is -2.34. The van der Waals surface area contributed by atoms with Crippen LogP contribution < -0.4 is 5.32 Å². The highest BCUT2D eigenvalue weighted by Crippen LogP contribution is 2.21. The Morgan fingerprint density at radius 1 is 1.43 bits per heavy atom. The number of ether oxygens (including phenoxy) is 1. The average molecular weight is 323 g/mol. The van der Waals surface area contributed by atoms with E-state index in [1.54, 1.807) is 13.4 Å². The maximum absolute atomic E-state index is 12.1. The summed E-state index contributed by atoms with van der Waals surface area (Å²) in [6.45, 7) is 8.38. The van der Waals surface area contributed by atoms with Crippen LogP contribution in [-0.4, -0.2) is 58.4 Å². The van der Waals surface area contributed by atoms with Crippen molar-refractivity contribution in [1.82, 2.24) is 25.0 Å². The van der Waals surface area contributed by atoms with Crippen LogP contribution in [0, 0.1) is 5.92 Å². The first-order chi connectivity index (χ1) is 11.1. The van der Waals surface area contributed by atoms with Crippen molar-refractivity contribution in [1.29, 1.82) is 0 Å². The Kier molecular flexibility index (Phi) is 6.98. The second kappa shape index (κ2) is 8.98. The molecule has 0 bridgehead atoms. The molecule has 1 fully saturated rings. The van der Waals surface area contributed by atoms with Crippen molar-refractivity contribution in [2.24, 2.45) is 5.92 Å². The average Bonchev–Trinajstić information content (AvgIpc) is 2.99. The summed E-state index contributed by atoms with van der Waals surface area (Å²) in [6.07, 6.45) is 4.49. The molecule has 7 heteroatoms. The van der Waals surface area contributed by atoms with Crippen LogP contribution >= 0.6 is 0 Å². The molecule has 1 aromatic rings. The molecule has 2 heterocycles. The Labute approximate surface area is 138 Å². The fraction of sp³-hybridized carbons (Fsp3) is 0.812. The molecule has 1 aromatic heterocycles. The Morgan fingerprint density at radius 3 is 2.83 bits per heavy atom. The summed E-state index contributed by atoms with van der Waals surface area (Å²) in [7, 11) is 1.66. The van der Waals surface area contributed by atoms with Gasteiger partial charge in [0.15, 0.2) is 5.82 Å². The van der Waals surface area contributed by atoms with Gasteiger partial charge in [-0.2, -0.15) is 0 Å². The van der Waals surface area contributed by atoms with E-state index >= 15 is 0 Å². The molecule has 2 rings (SSSR count). The number of carbonyl (C=O) groups is 1. The fourth-order valence-electron chi connectivity index (χ4n) is 2.98. The van der Waals surface area contributed by atoms with Crippen LogP contribution in [0.25, 0.3) is 0 Å². The number of methoxy groups -OCH3 is 1. The van der Waals surface area contributed by atoms with E-state index in [2.05, 4.69) is 34.3 Å². The van der Waals surface area contributed by atoms with E-state index in [-0.39, 0.29) is 5.91 Å². The molecule has 0 radical (unpaired) electrons. The number of nitrogens with one attached hydrogen (secondary N) is 1. The standard InChI is InChI=1S/C16H29N5O2/c1-13(2)20-6-4-14(5-7-20)10-16(22)17-11-15-19-18-12-21(15)8-9-23-3/h12-14H,4-11H2,1-3H3,(H,17,22). The Bertz CT molecular complexity index is 481. The lowest BCUT2D eigenvalue weighted by molar-refractivity contribution is -0.122. The summed E-state index contributed by atoms with van der Waals surface area (Å²) < 4.78 is 6.96. The first kappa shape index (κ1) is 17.9. The normalized spacial score (nSPS) is 16.9. The Balaban J connectivity index is 1.71. The van der Waals surface area contributed by atoms with E-state index in [1.807, 2.05) is 4.57 Å². The highest BCUT2D eigenvalue weighted by atomic mass is 16.5. The minimum absolute atomic E-state index is 0.106. The molecule has 7 nitrogen and oxygen atoms in total. The minimum Gasteiger partial charge on any atom is -0.383 e. The highest BCUT2D eigenvalue weighted by Gasteiger charge is 2.22. The number of likely N-dealkylation sites (tertiary alicyclic amines) is 1. The number of rotatable bonds is 8. The lowest BCUT2D eigenvalue weighted by atomic mass is 9.92. The van der Waals surface area contributed by atoms with E-state index in [0.717, 1.165) is 31.8 Å². The number of aromatic nitrogens is 3. The van der Waals surface area contributed by atoms with E-state index in [0.29, 0.717) is 38.1 Å². The van der Waals surface area contributed by atoms with Gasteiger partial charge >= 0.3 is 0 Å². The number of hydrogen-bond acceptors (Lipinski definition) is 5. The van der Waals surface area contributed by atoms with Gasteiger partial charge in [-0.3, -0.25) is 4.79 Å². The molecule has 23 heavy (non-hydrogen) atoms. The molecule has 0 atom stereocenters. The fourth-order valence-corrected chi connectivity index (χ4v) is 2.98. The summed E-state index contributed by atoms with van der Waals surface area (Å²) in [5.41, 5.74) is 0. The smallest absolute Gasteiger partial charge is 0.220 e. The third-order valence-corrected chi connectivity index (χ3v) is 4.53. The van der Waals surface area contributed by atoms with Gasteiger partial charge in [-0.15, -0.1) is 10.2 Å². The second-order valence-electron chi connectivity index (χ2n) is 6.49. The summed E-state index contributed by atoms with van der Waals surface area (Å²) in [5, 5.41) is 10.9. The van der Waals surface area contributed by atoms with Crippen LogP contribution in [0.3, 0.4) is 0 Å². The van der Waals surface area contributed by atoms with E-state index in [1.165, 1.54) is 0 Å². The first-order valence-electron chi connectivity index (χ1n) is 8.46. The Hall–Kier alpha value is -1.47. The molecule has 0 aliphatic carbocycles. The number of carbonyl (C=O) groups excluding carboxylic acids is 1. The van der Waals surface area contributed by atoms with Gasteiger partial charge in [-0.05, 0) is 45.7 Å². The van der Waals surface area contributed by atoms with Crippen LogP contribution in [0.2, 0.25) is 0 Å². The predicted octanol–water partition coefficient (Wildman–Crippen LogP) is 1.05. The largest absolute Gasteiger partial charge is 0.383 e. The van der Waals surface area contributed by atoms with E-state index in [9.17, 15) is 4.79 Å². The van der Waals surface area contributed by atoms with Gasteiger partial charge in [0.05, 0.1) is 13.2 Å².